The summed E-state index contributed by atoms with van der Waals surface area (Å²) in [6, 6.07) is 0. The smallest absolute Gasteiger partial charge is 0.328 e. The number of nitrogens with zero attached hydrogens (tertiary/aromatic N) is 6. The molecular formula is C23H35N7O8S2. The van der Waals surface area contributed by atoms with Crippen LogP contribution in [0.4, 0.5) is 11.6 Å². The summed E-state index contributed by atoms with van der Waals surface area (Å²) in [4.78, 5) is 23.4. The van der Waals surface area contributed by atoms with E-state index < -0.39 is 11.9 Å². The summed E-state index contributed by atoms with van der Waals surface area (Å²) >= 11 is 2.31. The quantitative estimate of drug-likeness (QED) is 0.310. The third-order valence-electron chi connectivity index (χ3n) is 5.42. The molecule has 2 aromatic heterocycles. The third kappa shape index (κ3) is 10.8. The van der Waals surface area contributed by atoms with E-state index in [0.717, 1.165) is 61.3 Å². The molecule has 0 aliphatic carbocycles. The highest BCUT2D eigenvalue weighted by Gasteiger charge is 2.26. The number of ether oxygens (including phenoxy) is 4. The van der Waals surface area contributed by atoms with E-state index in [-0.39, 0.29) is 11.6 Å². The number of carboxylic acids is 2. The van der Waals surface area contributed by atoms with E-state index in [1.807, 2.05) is 0 Å². The van der Waals surface area contributed by atoms with Gasteiger partial charge in [0.2, 0.25) is 11.6 Å². The van der Waals surface area contributed by atoms with Gasteiger partial charge in [0.05, 0.1) is 49.9 Å². The minimum atomic E-state index is -1.26. The summed E-state index contributed by atoms with van der Waals surface area (Å²) < 4.78 is 41.0. The molecule has 2 saturated heterocycles. The van der Waals surface area contributed by atoms with Crippen LogP contribution in [0.3, 0.4) is 0 Å². The second-order valence-corrected chi connectivity index (χ2v) is 10.7. The number of aromatic nitrogens is 4. The Morgan fingerprint density at radius 2 is 1.38 bits per heavy atom. The van der Waals surface area contributed by atoms with Crippen molar-refractivity contribution in [3.63, 3.8) is 0 Å². The van der Waals surface area contributed by atoms with Crippen molar-refractivity contribution in [2.24, 2.45) is 0 Å². The monoisotopic (exact) mass is 601 g/mol. The van der Waals surface area contributed by atoms with Crippen LogP contribution in [0.2, 0.25) is 0 Å². The van der Waals surface area contributed by atoms with Gasteiger partial charge in [0, 0.05) is 50.4 Å². The highest BCUT2D eigenvalue weighted by Crippen LogP contribution is 2.29. The zero-order valence-corrected chi connectivity index (χ0v) is 24.3. The van der Waals surface area contributed by atoms with E-state index in [1.165, 1.54) is 0 Å². The molecule has 2 aliphatic heterocycles. The number of nitrogens with one attached hydrogen (secondary N) is 1. The Morgan fingerprint density at radius 3 is 1.85 bits per heavy atom. The molecule has 1 atom stereocenters. The molecule has 0 amide bonds. The highest BCUT2D eigenvalue weighted by molar-refractivity contribution is 6.99. The lowest BCUT2D eigenvalue weighted by Gasteiger charge is -2.29. The Hall–Kier alpha value is -3.12. The molecule has 1 unspecified atom stereocenters. The molecule has 40 heavy (non-hydrogen) atoms. The SMILES string of the molecule is CC(C)(C)NCC(COc1nsnc1N1CCOCC1)Oc1nsnc1N1CCOCC1.O=C(O)/C=C\C(=O)O. The second kappa shape index (κ2) is 15.6. The number of carboxylic acid groups (broad SMARTS) is 2. The maximum absolute atomic E-state index is 9.55. The van der Waals surface area contributed by atoms with E-state index in [1.54, 1.807) is 0 Å². The molecule has 15 nitrogen and oxygen atoms in total. The van der Waals surface area contributed by atoms with Crippen LogP contribution in [0.5, 0.6) is 11.8 Å². The topological polar surface area (TPSA) is 182 Å². The molecule has 17 heteroatoms. The first-order chi connectivity index (χ1) is 19.1. The molecule has 2 aliphatic rings. The van der Waals surface area contributed by atoms with Crippen LogP contribution in [-0.4, -0.2) is 117 Å². The van der Waals surface area contributed by atoms with Gasteiger partial charge >= 0.3 is 11.9 Å². The maximum Gasteiger partial charge on any atom is 0.328 e. The van der Waals surface area contributed by atoms with Gasteiger partial charge in [-0.3, -0.25) is 0 Å². The average Bonchev–Trinajstić information content (AvgIpc) is 3.59. The number of hydrogen-bond acceptors (Lipinski definition) is 15. The summed E-state index contributed by atoms with van der Waals surface area (Å²) in [5.41, 5.74) is -0.0594. The van der Waals surface area contributed by atoms with Crippen LogP contribution >= 0.6 is 23.5 Å². The zero-order valence-electron chi connectivity index (χ0n) is 22.6. The molecule has 2 fully saturated rings. The first kappa shape index (κ1) is 31.4. The number of carbonyl (C=O) groups is 2. The molecule has 3 N–H and O–H groups in total. The van der Waals surface area contributed by atoms with E-state index in [4.69, 9.17) is 29.2 Å². The van der Waals surface area contributed by atoms with Gasteiger partial charge in [0.1, 0.15) is 12.7 Å². The normalized spacial score (nSPS) is 16.8. The largest absolute Gasteiger partial charge is 0.478 e. The van der Waals surface area contributed by atoms with Crippen LogP contribution in [0, 0.1) is 0 Å². The van der Waals surface area contributed by atoms with Crippen molar-refractivity contribution < 1.29 is 38.7 Å². The Balaban J connectivity index is 0.000000482. The molecule has 0 bridgehead atoms. The Labute approximate surface area is 240 Å². The Bertz CT molecular complexity index is 1080. The van der Waals surface area contributed by atoms with Gasteiger partial charge in [-0.05, 0) is 20.8 Å². The fourth-order valence-corrected chi connectivity index (χ4v) is 4.51. The Kier molecular flexibility index (Phi) is 12.3. The van der Waals surface area contributed by atoms with Gasteiger partial charge in [0.15, 0.2) is 0 Å². The molecule has 4 heterocycles. The third-order valence-corrected chi connectivity index (χ3v) is 6.42. The summed E-state index contributed by atoms with van der Waals surface area (Å²) in [5.74, 6) is 0.0884. The maximum atomic E-state index is 9.55. The molecule has 2 aromatic rings. The number of aliphatic carboxylic acids is 2. The van der Waals surface area contributed by atoms with Gasteiger partial charge in [-0.15, -0.1) is 8.75 Å². The van der Waals surface area contributed by atoms with Crippen molar-refractivity contribution in [2.75, 3.05) is 75.6 Å². The predicted octanol–water partition coefficient (Wildman–Crippen LogP) is 0.989. The van der Waals surface area contributed by atoms with Gasteiger partial charge in [-0.2, -0.15) is 8.75 Å². The standard InChI is InChI=1S/C19H31N7O4S2.C4H4O4/c1-19(2,3)20-12-14(30-18-16(22-32-24-18)26-6-10-28-11-7-26)13-29-17-15(21-31-23-17)25-4-8-27-9-5-25;5-3(6)1-2-4(7)8/h14,20H,4-13H2,1-3H3;1-2H,(H,5,6)(H,7,8)/b;2-1-. The highest BCUT2D eigenvalue weighted by atomic mass is 32.1. The second-order valence-electron chi connectivity index (χ2n) is 9.68. The minimum absolute atomic E-state index is 0.0594. The van der Waals surface area contributed by atoms with Gasteiger partial charge in [-0.1, -0.05) is 0 Å². The van der Waals surface area contributed by atoms with Crippen molar-refractivity contribution in [2.45, 2.75) is 32.4 Å². The van der Waals surface area contributed by atoms with Crippen molar-refractivity contribution in [3.05, 3.63) is 12.2 Å². The van der Waals surface area contributed by atoms with Crippen molar-refractivity contribution in [3.8, 4) is 11.8 Å². The van der Waals surface area contributed by atoms with Crippen LogP contribution in [0.25, 0.3) is 0 Å². The average molecular weight is 602 g/mol. The molecule has 0 saturated carbocycles. The fourth-order valence-electron chi connectivity index (χ4n) is 3.48. The van der Waals surface area contributed by atoms with Crippen molar-refractivity contribution >= 4 is 47.0 Å². The van der Waals surface area contributed by atoms with Gasteiger partial charge < -0.3 is 44.3 Å². The molecule has 0 aromatic carbocycles. The minimum Gasteiger partial charge on any atom is -0.478 e. The van der Waals surface area contributed by atoms with E-state index in [9.17, 15) is 9.59 Å². The summed E-state index contributed by atoms with van der Waals surface area (Å²) in [5, 5.41) is 19.1. The summed E-state index contributed by atoms with van der Waals surface area (Å²) in [7, 11) is 0. The predicted molar refractivity (Wildman–Crippen MR) is 148 cm³/mol. The lowest BCUT2D eigenvalue weighted by Crippen LogP contribution is -2.45. The van der Waals surface area contributed by atoms with Gasteiger partial charge in [-0.25, -0.2) is 9.59 Å². The van der Waals surface area contributed by atoms with Gasteiger partial charge in [0.25, 0.3) is 11.8 Å². The van der Waals surface area contributed by atoms with E-state index in [0.29, 0.717) is 63.5 Å². The summed E-state index contributed by atoms with van der Waals surface area (Å²) in [6.07, 6.45) is 0.835. The van der Waals surface area contributed by atoms with Crippen LogP contribution < -0.4 is 24.6 Å². The van der Waals surface area contributed by atoms with Crippen LogP contribution in [0.1, 0.15) is 20.8 Å². The lowest BCUT2D eigenvalue weighted by atomic mass is 10.1. The molecule has 0 radical (unpaired) electrons. The van der Waals surface area contributed by atoms with E-state index in [2.05, 4.69) is 53.4 Å². The first-order valence-electron chi connectivity index (χ1n) is 12.6. The van der Waals surface area contributed by atoms with Crippen LogP contribution in [-0.2, 0) is 19.1 Å². The van der Waals surface area contributed by atoms with Crippen LogP contribution in [0.15, 0.2) is 12.2 Å². The Morgan fingerprint density at radius 1 is 0.900 bits per heavy atom. The van der Waals surface area contributed by atoms with Crippen molar-refractivity contribution in [1.82, 2.24) is 22.8 Å². The number of anilines is 2. The molecule has 4 rings (SSSR count). The zero-order chi connectivity index (χ0) is 29.0. The number of rotatable bonds is 11. The summed E-state index contributed by atoms with van der Waals surface area (Å²) in [6.45, 7) is 13.1. The molecular weight excluding hydrogens is 566 g/mol. The van der Waals surface area contributed by atoms with E-state index >= 15 is 0 Å². The number of morpholine rings is 2. The number of hydrogen-bond donors (Lipinski definition) is 3. The fraction of sp³-hybridized carbons (Fsp3) is 0.652. The molecule has 0 spiro atoms. The van der Waals surface area contributed by atoms with Crippen molar-refractivity contribution in [1.29, 1.82) is 0 Å². The molecule has 222 valence electrons. The lowest BCUT2D eigenvalue weighted by molar-refractivity contribution is -0.134. The first-order valence-corrected chi connectivity index (χ1v) is 14.1.